The van der Waals surface area contributed by atoms with Crippen LogP contribution in [0, 0.1) is 0 Å². The largest absolute Gasteiger partial charge is 0.456 e. The summed E-state index contributed by atoms with van der Waals surface area (Å²) in [5, 5.41) is 4.79. The third-order valence-corrected chi connectivity index (χ3v) is 4.61. The maximum Gasteiger partial charge on any atom is 0.135 e. The number of benzene rings is 4. The zero-order valence-corrected chi connectivity index (χ0v) is 12.5. The average molecular weight is 294 g/mol. The lowest BCUT2D eigenvalue weighted by Gasteiger charge is -2.25. The molecular weight excluding hydrogens is 280 g/mol. The zero-order valence-electron chi connectivity index (χ0n) is 12.5. The molecule has 0 radical (unpaired) electrons. The lowest BCUT2D eigenvalue weighted by Crippen LogP contribution is -2.03. The van der Waals surface area contributed by atoms with Crippen molar-refractivity contribution >= 4 is 27.1 Å². The third kappa shape index (κ3) is 1.68. The topological polar surface area (TPSA) is 9.23 Å². The van der Waals surface area contributed by atoms with Crippen LogP contribution in [-0.4, -0.2) is 0 Å². The normalized spacial score (nSPS) is 12.8. The van der Waals surface area contributed by atoms with Gasteiger partial charge in [-0.3, -0.25) is 0 Å². The van der Waals surface area contributed by atoms with Crippen molar-refractivity contribution in [1.29, 1.82) is 0 Å². The Morgan fingerprint density at radius 2 is 1.04 bits per heavy atom. The second-order valence-corrected chi connectivity index (χ2v) is 5.90. The second kappa shape index (κ2) is 4.47. The molecule has 0 saturated carbocycles. The van der Waals surface area contributed by atoms with E-state index in [0.29, 0.717) is 0 Å². The molecule has 4 aromatic rings. The fourth-order valence-electron chi connectivity index (χ4n) is 3.54. The predicted octanol–water partition coefficient (Wildman–Crippen LogP) is 6.16. The standard InChI is InChI=1S/C22H14O/c1-14-21-17-8-4-2-6-15(17)10-12-19(21)23-20-13-11-16-7-3-5-9-18(16)22(14)20/h2-13H,1H2. The minimum Gasteiger partial charge on any atom is -0.456 e. The number of hydrogen-bond donors (Lipinski definition) is 0. The first kappa shape index (κ1) is 12.5. The molecule has 1 nitrogen and oxygen atoms in total. The Bertz CT molecular complexity index is 1020. The molecule has 5 rings (SSSR count). The molecule has 1 aliphatic heterocycles. The van der Waals surface area contributed by atoms with Crippen molar-refractivity contribution in [2.24, 2.45) is 0 Å². The molecule has 0 aliphatic carbocycles. The number of hydrogen-bond acceptors (Lipinski definition) is 1. The van der Waals surface area contributed by atoms with Crippen LogP contribution in [0.3, 0.4) is 0 Å². The Morgan fingerprint density at radius 1 is 0.565 bits per heavy atom. The van der Waals surface area contributed by atoms with Crippen LogP contribution in [0.4, 0.5) is 0 Å². The third-order valence-electron chi connectivity index (χ3n) is 4.61. The molecule has 0 bridgehead atoms. The van der Waals surface area contributed by atoms with Crippen molar-refractivity contribution in [1.82, 2.24) is 0 Å². The quantitative estimate of drug-likeness (QED) is 0.332. The van der Waals surface area contributed by atoms with Crippen LogP contribution in [0.25, 0.3) is 27.1 Å². The van der Waals surface area contributed by atoms with Gasteiger partial charge in [0, 0.05) is 11.1 Å². The molecule has 0 saturated heterocycles. The van der Waals surface area contributed by atoms with E-state index in [2.05, 4.69) is 67.2 Å². The van der Waals surface area contributed by atoms with Gasteiger partial charge in [-0.05, 0) is 39.3 Å². The maximum atomic E-state index is 6.20. The highest BCUT2D eigenvalue weighted by Crippen LogP contribution is 2.48. The van der Waals surface area contributed by atoms with E-state index in [1.165, 1.54) is 21.5 Å². The highest BCUT2D eigenvalue weighted by atomic mass is 16.5. The zero-order chi connectivity index (χ0) is 15.4. The van der Waals surface area contributed by atoms with Crippen molar-refractivity contribution in [2.75, 3.05) is 0 Å². The van der Waals surface area contributed by atoms with Gasteiger partial charge in [0.2, 0.25) is 0 Å². The van der Waals surface area contributed by atoms with Gasteiger partial charge in [0.25, 0.3) is 0 Å². The lowest BCUT2D eigenvalue weighted by atomic mass is 9.88. The first-order chi connectivity index (χ1) is 11.3. The Morgan fingerprint density at radius 3 is 1.57 bits per heavy atom. The smallest absolute Gasteiger partial charge is 0.135 e. The van der Waals surface area contributed by atoms with Crippen LogP contribution < -0.4 is 4.74 Å². The Kier molecular flexibility index (Phi) is 2.42. The van der Waals surface area contributed by atoms with Crippen LogP contribution in [-0.2, 0) is 0 Å². The van der Waals surface area contributed by atoms with E-state index in [4.69, 9.17) is 4.74 Å². The van der Waals surface area contributed by atoms with E-state index in [1.54, 1.807) is 0 Å². The van der Waals surface area contributed by atoms with Crippen LogP contribution in [0.15, 0.2) is 79.4 Å². The number of fused-ring (bicyclic) bond motifs is 6. The minimum absolute atomic E-state index is 0.886. The minimum atomic E-state index is 0.886. The number of ether oxygens (including phenoxy) is 1. The Balaban J connectivity index is 1.88. The fraction of sp³-hybridized carbons (Fsp3) is 0. The fourth-order valence-corrected chi connectivity index (χ4v) is 3.54. The summed E-state index contributed by atoms with van der Waals surface area (Å²) in [5.74, 6) is 1.77. The van der Waals surface area contributed by atoms with E-state index in [-0.39, 0.29) is 0 Å². The summed E-state index contributed by atoms with van der Waals surface area (Å²) in [7, 11) is 0. The van der Waals surface area contributed by atoms with Gasteiger partial charge in [-0.1, -0.05) is 67.2 Å². The Labute approximate surface area is 134 Å². The van der Waals surface area contributed by atoms with E-state index in [9.17, 15) is 0 Å². The van der Waals surface area contributed by atoms with Gasteiger partial charge in [0.15, 0.2) is 0 Å². The monoisotopic (exact) mass is 294 g/mol. The molecular formula is C22H14O. The van der Waals surface area contributed by atoms with Crippen LogP contribution in [0.5, 0.6) is 11.5 Å². The number of rotatable bonds is 0. The molecule has 23 heavy (non-hydrogen) atoms. The summed E-state index contributed by atoms with van der Waals surface area (Å²) in [6.45, 7) is 4.42. The van der Waals surface area contributed by atoms with E-state index in [0.717, 1.165) is 28.2 Å². The van der Waals surface area contributed by atoms with Gasteiger partial charge in [0.1, 0.15) is 11.5 Å². The first-order valence-electron chi connectivity index (χ1n) is 7.74. The van der Waals surface area contributed by atoms with Crippen molar-refractivity contribution in [2.45, 2.75) is 0 Å². The van der Waals surface area contributed by atoms with Crippen molar-refractivity contribution in [3.63, 3.8) is 0 Å². The summed E-state index contributed by atoms with van der Waals surface area (Å²) in [6.07, 6.45) is 0. The van der Waals surface area contributed by atoms with Gasteiger partial charge in [-0.15, -0.1) is 0 Å². The van der Waals surface area contributed by atoms with Gasteiger partial charge in [-0.2, -0.15) is 0 Å². The predicted molar refractivity (Wildman–Crippen MR) is 96.1 cm³/mol. The van der Waals surface area contributed by atoms with E-state index < -0.39 is 0 Å². The Hall–Kier alpha value is -3.06. The SMILES string of the molecule is C=C1c2c(ccc3ccccc23)Oc2ccc3ccccc3c21. The highest BCUT2D eigenvalue weighted by Gasteiger charge is 2.24. The highest BCUT2D eigenvalue weighted by molar-refractivity contribution is 6.07. The van der Waals surface area contributed by atoms with Crippen LogP contribution in [0.2, 0.25) is 0 Å². The summed E-state index contributed by atoms with van der Waals surface area (Å²) >= 11 is 0. The molecule has 1 heteroatoms. The average Bonchev–Trinajstić information content (AvgIpc) is 2.61. The van der Waals surface area contributed by atoms with E-state index in [1.807, 2.05) is 12.1 Å². The maximum absolute atomic E-state index is 6.20. The van der Waals surface area contributed by atoms with Crippen LogP contribution >= 0.6 is 0 Å². The molecule has 1 heterocycles. The van der Waals surface area contributed by atoms with E-state index >= 15 is 0 Å². The summed E-state index contributed by atoms with van der Waals surface area (Å²) in [5.41, 5.74) is 3.24. The second-order valence-electron chi connectivity index (χ2n) is 5.90. The lowest BCUT2D eigenvalue weighted by molar-refractivity contribution is 0.476. The van der Waals surface area contributed by atoms with Gasteiger partial charge in [-0.25, -0.2) is 0 Å². The molecule has 0 atom stereocenters. The molecule has 0 aromatic heterocycles. The molecule has 4 aromatic carbocycles. The van der Waals surface area contributed by atoms with Crippen molar-refractivity contribution in [3.05, 3.63) is 90.5 Å². The summed E-state index contributed by atoms with van der Waals surface area (Å²) in [4.78, 5) is 0. The first-order valence-corrected chi connectivity index (χ1v) is 7.74. The molecule has 0 spiro atoms. The van der Waals surface area contributed by atoms with Crippen molar-refractivity contribution in [3.8, 4) is 11.5 Å². The van der Waals surface area contributed by atoms with Crippen LogP contribution in [0.1, 0.15) is 11.1 Å². The molecule has 0 amide bonds. The molecule has 0 N–H and O–H groups in total. The van der Waals surface area contributed by atoms with Gasteiger partial charge < -0.3 is 4.74 Å². The molecule has 1 aliphatic rings. The molecule has 108 valence electrons. The molecule has 0 fully saturated rings. The van der Waals surface area contributed by atoms with Gasteiger partial charge >= 0.3 is 0 Å². The summed E-state index contributed by atoms with van der Waals surface area (Å²) < 4.78 is 6.20. The molecule has 0 unspecified atom stereocenters. The summed E-state index contributed by atoms with van der Waals surface area (Å²) in [6, 6.07) is 25.1. The van der Waals surface area contributed by atoms with Gasteiger partial charge in [0.05, 0.1) is 0 Å². The van der Waals surface area contributed by atoms with Crippen molar-refractivity contribution < 1.29 is 4.74 Å².